The van der Waals surface area contributed by atoms with Crippen molar-refractivity contribution in [2.45, 2.75) is 13.0 Å². The van der Waals surface area contributed by atoms with Crippen molar-refractivity contribution in [3.05, 3.63) is 69.6 Å². The monoisotopic (exact) mass is 306 g/mol. The van der Waals surface area contributed by atoms with Gasteiger partial charge in [0.05, 0.1) is 22.5 Å². The molecule has 0 radical (unpaired) electrons. The van der Waals surface area contributed by atoms with Crippen LogP contribution >= 0.6 is 11.6 Å². The molecule has 0 aliphatic heterocycles. The van der Waals surface area contributed by atoms with Crippen molar-refractivity contribution in [1.82, 2.24) is 8.97 Å². The summed E-state index contributed by atoms with van der Waals surface area (Å²) in [5.41, 5.74) is 0.570. The van der Waals surface area contributed by atoms with Crippen molar-refractivity contribution in [3.8, 4) is 5.69 Å². The Morgan fingerprint density at radius 3 is 2.76 bits per heavy atom. The maximum absolute atomic E-state index is 13.4. The summed E-state index contributed by atoms with van der Waals surface area (Å²) in [4.78, 5) is 12.7. The first-order valence-corrected chi connectivity index (χ1v) is 6.73. The van der Waals surface area contributed by atoms with Gasteiger partial charge < -0.3 is 9.51 Å². The number of fused-ring (bicyclic) bond motifs is 1. The average molecular weight is 307 g/mol. The van der Waals surface area contributed by atoms with Crippen LogP contribution in [0.15, 0.2) is 47.5 Å². The molecule has 108 valence electrons. The van der Waals surface area contributed by atoms with Gasteiger partial charge in [-0.25, -0.2) is 4.39 Å². The number of hydrogen-bond acceptors (Lipinski definition) is 2. The van der Waals surface area contributed by atoms with Crippen molar-refractivity contribution in [2.75, 3.05) is 0 Å². The van der Waals surface area contributed by atoms with Crippen LogP contribution in [0.5, 0.6) is 0 Å². The normalized spacial score (nSPS) is 12.8. The Balaban J connectivity index is 2.44. The number of hydrogen-bond donors (Lipinski definition) is 1. The molecule has 0 fully saturated rings. The summed E-state index contributed by atoms with van der Waals surface area (Å²) < 4.78 is 16.3. The van der Waals surface area contributed by atoms with Crippen LogP contribution in [0.4, 0.5) is 4.39 Å². The number of halogens is 2. The highest BCUT2D eigenvalue weighted by Crippen LogP contribution is 2.21. The first-order chi connectivity index (χ1) is 9.99. The standard InChI is InChI=1S/C15H12ClFN2O2/c1-9(20)13-8-18-6-5-12(16)14(18)15(21)19(13)11-4-2-3-10(17)7-11/h2-9,20H,1H3. The van der Waals surface area contributed by atoms with E-state index < -0.39 is 17.5 Å². The predicted molar refractivity (Wildman–Crippen MR) is 78.6 cm³/mol. The summed E-state index contributed by atoms with van der Waals surface area (Å²) in [5.74, 6) is -0.461. The van der Waals surface area contributed by atoms with E-state index in [1.807, 2.05) is 0 Å². The van der Waals surface area contributed by atoms with Gasteiger partial charge in [-0.15, -0.1) is 0 Å². The highest BCUT2D eigenvalue weighted by Gasteiger charge is 2.17. The van der Waals surface area contributed by atoms with Gasteiger partial charge in [-0.05, 0) is 31.2 Å². The molecule has 0 aliphatic rings. The van der Waals surface area contributed by atoms with Crippen LogP contribution in [0.3, 0.4) is 0 Å². The SMILES string of the molecule is CC(O)c1cn2ccc(Cl)c2c(=O)n1-c1cccc(F)c1. The van der Waals surface area contributed by atoms with E-state index in [1.54, 1.807) is 35.9 Å². The number of aliphatic hydroxyl groups excluding tert-OH is 1. The van der Waals surface area contributed by atoms with Crippen LogP contribution in [0.25, 0.3) is 11.2 Å². The summed E-state index contributed by atoms with van der Waals surface area (Å²) in [6, 6.07) is 7.23. The Morgan fingerprint density at radius 2 is 2.10 bits per heavy atom. The van der Waals surface area contributed by atoms with Crippen LogP contribution in [0.1, 0.15) is 18.7 Å². The molecule has 2 aromatic heterocycles. The highest BCUT2D eigenvalue weighted by atomic mass is 35.5. The first kappa shape index (κ1) is 13.9. The molecule has 1 atom stereocenters. The summed E-state index contributed by atoms with van der Waals surface area (Å²) >= 11 is 6.03. The van der Waals surface area contributed by atoms with Crippen molar-refractivity contribution in [2.24, 2.45) is 0 Å². The van der Waals surface area contributed by atoms with Gasteiger partial charge in [0, 0.05) is 12.4 Å². The molecule has 3 aromatic rings. The molecular weight excluding hydrogens is 295 g/mol. The summed E-state index contributed by atoms with van der Waals surface area (Å²) in [7, 11) is 0. The average Bonchev–Trinajstić information content (AvgIpc) is 2.80. The molecule has 0 aliphatic carbocycles. The Kier molecular flexibility index (Phi) is 3.31. The highest BCUT2D eigenvalue weighted by molar-refractivity contribution is 6.33. The number of nitrogens with zero attached hydrogens (tertiary/aromatic N) is 2. The van der Waals surface area contributed by atoms with Gasteiger partial charge in [-0.2, -0.15) is 0 Å². The second-order valence-corrected chi connectivity index (χ2v) is 5.18. The van der Waals surface area contributed by atoms with E-state index in [1.165, 1.54) is 22.8 Å². The largest absolute Gasteiger partial charge is 0.387 e. The molecule has 0 spiro atoms. The molecule has 1 aromatic carbocycles. The smallest absolute Gasteiger partial charge is 0.281 e. The van der Waals surface area contributed by atoms with Crippen molar-refractivity contribution < 1.29 is 9.50 Å². The van der Waals surface area contributed by atoms with Crippen molar-refractivity contribution in [1.29, 1.82) is 0 Å². The van der Waals surface area contributed by atoms with E-state index in [4.69, 9.17) is 11.6 Å². The molecule has 0 amide bonds. The minimum Gasteiger partial charge on any atom is -0.387 e. The van der Waals surface area contributed by atoms with Crippen LogP contribution in [0, 0.1) is 5.82 Å². The number of aromatic nitrogens is 2. The third-order valence-corrected chi connectivity index (χ3v) is 3.60. The maximum atomic E-state index is 13.4. The van der Waals surface area contributed by atoms with E-state index in [0.29, 0.717) is 16.4 Å². The molecule has 2 heterocycles. The fourth-order valence-electron chi connectivity index (χ4n) is 2.34. The van der Waals surface area contributed by atoms with Crippen molar-refractivity contribution >= 4 is 17.1 Å². The van der Waals surface area contributed by atoms with Gasteiger partial charge in [0.25, 0.3) is 5.56 Å². The number of rotatable bonds is 2. The molecule has 1 N–H and O–H groups in total. The van der Waals surface area contributed by atoms with Crippen molar-refractivity contribution in [3.63, 3.8) is 0 Å². The van der Waals surface area contributed by atoms with Gasteiger partial charge in [0.1, 0.15) is 11.3 Å². The van der Waals surface area contributed by atoms with E-state index in [9.17, 15) is 14.3 Å². The van der Waals surface area contributed by atoms with E-state index in [0.717, 1.165) is 0 Å². The second kappa shape index (κ2) is 5.02. The molecule has 4 nitrogen and oxygen atoms in total. The second-order valence-electron chi connectivity index (χ2n) is 4.77. The molecule has 0 saturated heterocycles. The molecular formula is C15H12ClFN2O2. The third-order valence-electron chi connectivity index (χ3n) is 3.30. The molecule has 0 saturated carbocycles. The summed E-state index contributed by atoms with van der Waals surface area (Å²) in [6.07, 6.45) is 2.35. The van der Waals surface area contributed by atoms with Gasteiger partial charge in [-0.1, -0.05) is 17.7 Å². The molecule has 3 rings (SSSR count). The zero-order chi connectivity index (χ0) is 15.1. The van der Waals surface area contributed by atoms with Gasteiger partial charge in [0.2, 0.25) is 0 Å². The van der Waals surface area contributed by atoms with E-state index in [2.05, 4.69) is 0 Å². The molecule has 6 heteroatoms. The quantitative estimate of drug-likeness (QED) is 0.791. The Hall–Kier alpha value is -2.11. The van der Waals surface area contributed by atoms with Crippen LogP contribution in [-0.2, 0) is 0 Å². The fraction of sp³-hybridized carbons (Fsp3) is 0.133. The lowest BCUT2D eigenvalue weighted by Crippen LogP contribution is -2.25. The molecule has 21 heavy (non-hydrogen) atoms. The molecule has 0 bridgehead atoms. The van der Waals surface area contributed by atoms with Crippen LogP contribution < -0.4 is 5.56 Å². The fourth-order valence-corrected chi connectivity index (χ4v) is 2.58. The van der Waals surface area contributed by atoms with Gasteiger partial charge in [-0.3, -0.25) is 9.36 Å². The lowest BCUT2D eigenvalue weighted by atomic mass is 10.2. The first-order valence-electron chi connectivity index (χ1n) is 6.35. The lowest BCUT2D eigenvalue weighted by molar-refractivity contribution is 0.190. The Labute approximate surface area is 124 Å². The minimum absolute atomic E-state index is 0.283. The lowest BCUT2D eigenvalue weighted by Gasteiger charge is -2.16. The zero-order valence-corrected chi connectivity index (χ0v) is 11.9. The van der Waals surface area contributed by atoms with Gasteiger partial charge >= 0.3 is 0 Å². The predicted octanol–water partition coefficient (Wildman–Crippen LogP) is 2.94. The van der Waals surface area contributed by atoms with Crippen LogP contribution in [0.2, 0.25) is 5.02 Å². The number of aliphatic hydroxyl groups is 1. The summed E-state index contributed by atoms with van der Waals surface area (Å²) in [5, 5.41) is 10.2. The zero-order valence-electron chi connectivity index (χ0n) is 11.1. The van der Waals surface area contributed by atoms with Gasteiger partial charge in [0.15, 0.2) is 0 Å². The Morgan fingerprint density at radius 1 is 1.33 bits per heavy atom. The Bertz CT molecular complexity index is 883. The molecule has 1 unspecified atom stereocenters. The summed E-state index contributed by atoms with van der Waals surface area (Å²) in [6.45, 7) is 1.54. The third kappa shape index (κ3) is 2.24. The number of benzene rings is 1. The topological polar surface area (TPSA) is 46.6 Å². The maximum Gasteiger partial charge on any atom is 0.281 e. The van der Waals surface area contributed by atoms with E-state index >= 15 is 0 Å². The minimum atomic E-state index is -0.897. The van der Waals surface area contributed by atoms with E-state index in [-0.39, 0.29) is 5.52 Å². The van der Waals surface area contributed by atoms with Crippen LogP contribution in [-0.4, -0.2) is 14.1 Å².